The molecule has 0 saturated carbocycles. The highest BCUT2D eigenvalue weighted by atomic mass is 32.2. The first-order valence-electron chi connectivity index (χ1n) is 11.5. The van der Waals surface area contributed by atoms with Crippen LogP contribution in [0.3, 0.4) is 0 Å². The van der Waals surface area contributed by atoms with Crippen LogP contribution in [0.2, 0.25) is 0 Å². The molecule has 1 fully saturated rings. The number of rotatable bonds is 9. The molecule has 6 nitrogen and oxygen atoms in total. The zero-order valence-corrected chi connectivity index (χ0v) is 20.0. The van der Waals surface area contributed by atoms with Crippen molar-refractivity contribution in [2.45, 2.75) is 30.8 Å². The van der Waals surface area contributed by atoms with Gasteiger partial charge in [0.2, 0.25) is 15.9 Å². The molecule has 3 aromatic carbocycles. The Kier molecular flexibility index (Phi) is 8.11. The van der Waals surface area contributed by atoms with Crippen molar-refractivity contribution in [3.63, 3.8) is 0 Å². The van der Waals surface area contributed by atoms with Gasteiger partial charge >= 0.3 is 0 Å². The van der Waals surface area contributed by atoms with Crippen molar-refractivity contribution in [2.24, 2.45) is 0 Å². The fourth-order valence-electron chi connectivity index (χ4n) is 4.01. The van der Waals surface area contributed by atoms with Gasteiger partial charge in [0.05, 0.1) is 18.1 Å². The molecule has 34 heavy (non-hydrogen) atoms. The number of carbonyl (C=O) groups excluding carboxylic acids is 1. The summed E-state index contributed by atoms with van der Waals surface area (Å²) in [4.78, 5) is 15.3. The normalized spacial score (nSPS) is 14.6. The number of nitrogens with zero attached hydrogens (tertiary/aromatic N) is 2. The molecule has 178 valence electrons. The maximum absolute atomic E-state index is 13.2. The first-order chi connectivity index (χ1) is 16.5. The summed E-state index contributed by atoms with van der Waals surface area (Å²) < 4.78 is 32.3. The Balaban J connectivity index is 1.40. The Bertz CT molecular complexity index is 1120. The second-order valence-electron chi connectivity index (χ2n) is 8.38. The molecule has 0 unspecified atom stereocenters. The molecule has 1 aliphatic rings. The summed E-state index contributed by atoms with van der Waals surface area (Å²) in [6.45, 7) is 2.68. The minimum absolute atomic E-state index is 0.0673. The Labute approximate surface area is 201 Å². The molecule has 0 atom stereocenters. The summed E-state index contributed by atoms with van der Waals surface area (Å²) >= 11 is 0. The Morgan fingerprint density at radius 3 is 1.82 bits per heavy atom. The van der Waals surface area contributed by atoms with E-state index in [4.69, 9.17) is 4.74 Å². The van der Waals surface area contributed by atoms with Crippen LogP contribution in [0.4, 0.5) is 0 Å². The van der Waals surface area contributed by atoms with Gasteiger partial charge in [-0.05, 0) is 35.2 Å². The molecule has 1 aliphatic heterocycles. The molecule has 1 heterocycles. The van der Waals surface area contributed by atoms with Crippen molar-refractivity contribution in [1.82, 2.24) is 9.21 Å². The second kappa shape index (κ2) is 11.4. The number of carbonyl (C=O) groups is 1. The fraction of sp³-hybridized carbons (Fsp3) is 0.296. The van der Waals surface area contributed by atoms with Crippen LogP contribution in [0.25, 0.3) is 0 Å². The van der Waals surface area contributed by atoms with E-state index in [2.05, 4.69) is 0 Å². The van der Waals surface area contributed by atoms with Gasteiger partial charge in [-0.3, -0.25) is 4.79 Å². The molecule has 4 rings (SSSR count). The van der Waals surface area contributed by atoms with E-state index in [1.165, 1.54) is 4.31 Å². The van der Waals surface area contributed by atoms with Crippen molar-refractivity contribution >= 4 is 15.9 Å². The lowest BCUT2D eigenvalue weighted by molar-refractivity contribution is -0.132. The SMILES string of the molecule is O=C(CCc1ccc(S(=O)(=O)N2CCOCC2)cc1)N(Cc1ccccc1)Cc1ccccc1. The van der Waals surface area contributed by atoms with Gasteiger partial charge in [0.25, 0.3) is 0 Å². The van der Waals surface area contributed by atoms with Crippen LogP contribution >= 0.6 is 0 Å². The Morgan fingerprint density at radius 2 is 1.29 bits per heavy atom. The highest BCUT2D eigenvalue weighted by molar-refractivity contribution is 7.89. The zero-order chi connectivity index (χ0) is 23.8. The van der Waals surface area contributed by atoms with Crippen LogP contribution < -0.4 is 0 Å². The molecular formula is C27H30N2O4S. The van der Waals surface area contributed by atoms with Gasteiger partial charge in [0, 0.05) is 32.6 Å². The lowest BCUT2D eigenvalue weighted by atomic mass is 10.1. The van der Waals surface area contributed by atoms with E-state index in [1.807, 2.05) is 65.6 Å². The fourth-order valence-corrected chi connectivity index (χ4v) is 5.42. The summed E-state index contributed by atoms with van der Waals surface area (Å²) in [5.41, 5.74) is 3.11. The number of ether oxygens (including phenoxy) is 1. The standard InChI is InChI=1S/C27H30N2O4S/c30-27(28(21-24-7-3-1-4-8-24)22-25-9-5-2-6-10-25)16-13-23-11-14-26(15-12-23)34(31,32)29-17-19-33-20-18-29/h1-12,14-15H,13,16-22H2. The highest BCUT2D eigenvalue weighted by Gasteiger charge is 2.26. The summed E-state index contributed by atoms with van der Waals surface area (Å²) in [5.74, 6) is 0.0673. The number of benzene rings is 3. The van der Waals surface area contributed by atoms with E-state index < -0.39 is 10.0 Å². The number of hydrogen-bond donors (Lipinski definition) is 0. The third-order valence-electron chi connectivity index (χ3n) is 5.94. The molecule has 0 bridgehead atoms. The van der Waals surface area contributed by atoms with E-state index in [9.17, 15) is 13.2 Å². The molecule has 3 aromatic rings. The largest absolute Gasteiger partial charge is 0.379 e. The number of morpholine rings is 1. The molecule has 0 spiro atoms. The first-order valence-corrected chi connectivity index (χ1v) is 13.0. The molecule has 7 heteroatoms. The maximum Gasteiger partial charge on any atom is 0.243 e. The van der Waals surface area contributed by atoms with E-state index in [-0.39, 0.29) is 10.8 Å². The summed E-state index contributed by atoms with van der Waals surface area (Å²) in [7, 11) is -3.51. The van der Waals surface area contributed by atoms with Crippen LogP contribution in [0, 0.1) is 0 Å². The lowest BCUT2D eigenvalue weighted by Crippen LogP contribution is -2.40. The quantitative estimate of drug-likeness (QED) is 0.468. The number of sulfonamides is 1. The average Bonchev–Trinajstić information content (AvgIpc) is 2.89. The van der Waals surface area contributed by atoms with Gasteiger partial charge < -0.3 is 9.64 Å². The van der Waals surface area contributed by atoms with Gasteiger partial charge in [0.15, 0.2) is 0 Å². The van der Waals surface area contributed by atoms with Crippen LogP contribution in [-0.2, 0) is 39.1 Å². The maximum atomic E-state index is 13.2. The summed E-state index contributed by atoms with van der Waals surface area (Å²) in [6, 6.07) is 26.8. The van der Waals surface area contributed by atoms with E-state index in [0.29, 0.717) is 52.2 Å². The third-order valence-corrected chi connectivity index (χ3v) is 7.86. The summed E-state index contributed by atoms with van der Waals surface area (Å²) in [6.07, 6.45) is 0.909. The van der Waals surface area contributed by atoms with Gasteiger partial charge in [-0.2, -0.15) is 4.31 Å². The molecule has 0 aromatic heterocycles. The molecule has 0 N–H and O–H groups in total. The van der Waals surface area contributed by atoms with E-state index in [0.717, 1.165) is 16.7 Å². The number of amides is 1. The van der Waals surface area contributed by atoms with Crippen LogP contribution in [0.1, 0.15) is 23.1 Å². The van der Waals surface area contributed by atoms with Gasteiger partial charge in [-0.1, -0.05) is 72.8 Å². The van der Waals surface area contributed by atoms with Crippen molar-refractivity contribution in [3.8, 4) is 0 Å². The minimum atomic E-state index is -3.51. The number of hydrogen-bond acceptors (Lipinski definition) is 4. The van der Waals surface area contributed by atoms with Crippen molar-refractivity contribution < 1.29 is 17.9 Å². The van der Waals surface area contributed by atoms with E-state index >= 15 is 0 Å². The monoisotopic (exact) mass is 478 g/mol. The molecule has 1 saturated heterocycles. The smallest absolute Gasteiger partial charge is 0.243 e. The van der Waals surface area contributed by atoms with Crippen LogP contribution in [-0.4, -0.2) is 49.8 Å². The summed E-state index contributed by atoms with van der Waals surface area (Å²) in [5, 5.41) is 0. The first kappa shape index (κ1) is 24.1. The molecule has 1 amide bonds. The van der Waals surface area contributed by atoms with Gasteiger partial charge in [0.1, 0.15) is 0 Å². The highest BCUT2D eigenvalue weighted by Crippen LogP contribution is 2.19. The van der Waals surface area contributed by atoms with Gasteiger partial charge in [-0.25, -0.2) is 8.42 Å². The predicted octanol–water partition coefficient (Wildman–Crippen LogP) is 3.87. The van der Waals surface area contributed by atoms with Crippen molar-refractivity contribution in [1.29, 1.82) is 0 Å². The van der Waals surface area contributed by atoms with Crippen LogP contribution in [0.15, 0.2) is 89.8 Å². The molecule has 0 aliphatic carbocycles. The zero-order valence-electron chi connectivity index (χ0n) is 19.2. The van der Waals surface area contributed by atoms with Gasteiger partial charge in [-0.15, -0.1) is 0 Å². The Morgan fingerprint density at radius 1 is 0.765 bits per heavy atom. The predicted molar refractivity (Wildman–Crippen MR) is 131 cm³/mol. The van der Waals surface area contributed by atoms with Crippen molar-refractivity contribution in [3.05, 3.63) is 102 Å². The Hall–Kier alpha value is -3.00. The minimum Gasteiger partial charge on any atom is -0.379 e. The third kappa shape index (κ3) is 6.32. The van der Waals surface area contributed by atoms with Crippen molar-refractivity contribution in [2.75, 3.05) is 26.3 Å². The average molecular weight is 479 g/mol. The van der Waals surface area contributed by atoms with E-state index in [1.54, 1.807) is 24.3 Å². The topological polar surface area (TPSA) is 66.9 Å². The lowest BCUT2D eigenvalue weighted by Gasteiger charge is -2.26. The molecular weight excluding hydrogens is 448 g/mol. The number of aryl methyl sites for hydroxylation is 1. The van der Waals surface area contributed by atoms with Crippen LogP contribution in [0.5, 0.6) is 0 Å². The second-order valence-corrected chi connectivity index (χ2v) is 10.3. The molecule has 0 radical (unpaired) electrons.